The molecule has 0 aliphatic carbocycles. The third kappa shape index (κ3) is 6.53. The van der Waals surface area contributed by atoms with Crippen LogP contribution in [-0.4, -0.2) is 12.5 Å². The molecular weight excluding hydrogens is 186 g/mol. The Morgan fingerprint density at radius 3 is 2.07 bits per heavy atom. The maximum atomic E-state index is 11.9. The highest BCUT2D eigenvalue weighted by Crippen LogP contribution is 2.33. The Kier molecular flexibility index (Phi) is 5.33. The topological polar surface area (TPSA) is 29.1 Å². The molecule has 0 aliphatic rings. The van der Waals surface area contributed by atoms with Crippen LogP contribution in [0.25, 0.3) is 0 Å². The molecule has 1 amide bonds. The van der Waals surface area contributed by atoms with E-state index in [1.807, 2.05) is 13.8 Å². The predicted molar refractivity (Wildman–Crippen MR) is 65.8 cm³/mol. The molecule has 0 atom stereocenters. The number of hydrogen-bond donors (Lipinski definition) is 1. The van der Waals surface area contributed by atoms with Crippen molar-refractivity contribution in [1.82, 2.24) is 5.32 Å². The molecule has 90 valence electrons. The van der Waals surface area contributed by atoms with Crippen molar-refractivity contribution in [2.45, 2.75) is 60.8 Å². The molecule has 1 N–H and O–H groups in total. The first kappa shape index (κ1) is 14.5. The van der Waals surface area contributed by atoms with Gasteiger partial charge < -0.3 is 5.32 Å². The molecule has 0 saturated heterocycles. The van der Waals surface area contributed by atoms with E-state index in [-0.39, 0.29) is 16.7 Å². The van der Waals surface area contributed by atoms with Crippen molar-refractivity contribution < 1.29 is 4.79 Å². The molecule has 2 heteroatoms. The Morgan fingerprint density at radius 1 is 1.13 bits per heavy atom. The Labute approximate surface area is 94.8 Å². The van der Waals surface area contributed by atoms with Crippen molar-refractivity contribution in [3.8, 4) is 0 Å². The van der Waals surface area contributed by atoms with Crippen LogP contribution in [0.5, 0.6) is 0 Å². The SMILES string of the molecule is CCCCNC(=O)C(C)(C)CC(C)(C)C. The van der Waals surface area contributed by atoms with Gasteiger partial charge in [0, 0.05) is 12.0 Å². The summed E-state index contributed by atoms with van der Waals surface area (Å²) >= 11 is 0. The van der Waals surface area contributed by atoms with Crippen LogP contribution < -0.4 is 5.32 Å². The van der Waals surface area contributed by atoms with E-state index in [1.165, 1.54) is 0 Å². The summed E-state index contributed by atoms with van der Waals surface area (Å²) in [4.78, 5) is 11.9. The van der Waals surface area contributed by atoms with Gasteiger partial charge in [-0.25, -0.2) is 0 Å². The van der Waals surface area contributed by atoms with E-state index in [0.29, 0.717) is 0 Å². The lowest BCUT2D eigenvalue weighted by atomic mass is 9.76. The van der Waals surface area contributed by atoms with Crippen LogP contribution in [0.15, 0.2) is 0 Å². The zero-order valence-corrected chi connectivity index (χ0v) is 11.2. The standard InChI is InChI=1S/C13H27NO/c1-7-8-9-14-11(15)13(5,6)10-12(2,3)4/h7-10H2,1-6H3,(H,14,15). The Morgan fingerprint density at radius 2 is 1.67 bits per heavy atom. The van der Waals surface area contributed by atoms with Crippen molar-refractivity contribution in [2.75, 3.05) is 6.54 Å². The number of rotatable bonds is 5. The van der Waals surface area contributed by atoms with Gasteiger partial charge in [-0.2, -0.15) is 0 Å². The molecule has 0 spiro atoms. The monoisotopic (exact) mass is 213 g/mol. The lowest BCUT2D eigenvalue weighted by Gasteiger charge is -2.31. The van der Waals surface area contributed by atoms with E-state index in [4.69, 9.17) is 0 Å². The zero-order chi connectivity index (χ0) is 12.1. The van der Waals surface area contributed by atoms with Crippen LogP contribution in [-0.2, 0) is 4.79 Å². The summed E-state index contributed by atoms with van der Waals surface area (Å²) in [5.74, 6) is 0.186. The van der Waals surface area contributed by atoms with Crippen molar-refractivity contribution in [1.29, 1.82) is 0 Å². The van der Waals surface area contributed by atoms with Gasteiger partial charge in [0.1, 0.15) is 0 Å². The molecule has 0 bridgehead atoms. The molecule has 15 heavy (non-hydrogen) atoms. The normalized spacial score (nSPS) is 12.7. The molecule has 0 fully saturated rings. The van der Waals surface area contributed by atoms with Crippen molar-refractivity contribution in [3.05, 3.63) is 0 Å². The lowest BCUT2D eigenvalue weighted by molar-refractivity contribution is -0.130. The Balaban J connectivity index is 4.14. The third-order valence-electron chi connectivity index (χ3n) is 2.40. The van der Waals surface area contributed by atoms with E-state index in [1.54, 1.807) is 0 Å². The number of hydrogen-bond acceptors (Lipinski definition) is 1. The van der Waals surface area contributed by atoms with Gasteiger partial charge in [0.25, 0.3) is 0 Å². The first-order chi connectivity index (χ1) is 6.69. The molecule has 0 aromatic rings. The van der Waals surface area contributed by atoms with Crippen LogP contribution in [0.3, 0.4) is 0 Å². The van der Waals surface area contributed by atoms with E-state index in [2.05, 4.69) is 33.0 Å². The summed E-state index contributed by atoms with van der Waals surface area (Å²) in [6, 6.07) is 0. The number of carbonyl (C=O) groups is 1. The molecule has 0 aliphatic heterocycles. The van der Waals surface area contributed by atoms with Gasteiger partial charge in [-0.15, -0.1) is 0 Å². The molecule has 0 aromatic heterocycles. The second-order valence-corrected chi connectivity index (χ2v) is 6.23. The highest BCUT2D eigenvalue weighted by atomic mass is 16.2. The van der Waals surface area contributed by atoms with Crippen LogP contribution in [0.4, 0.5) is 0 Å². The fraction of sp³-hybridized carbons (Fsp3) is 0.923. The summed E-state index contributed by atoms with van der Waals surface area (Å²) in [5.41, 5.74) is -0.0579. The Hall–Kier alpha value is -0.530. The molecular formula is C13H27NO. The average molecular weight is 213 g/mol. The van der Waals surface area contributed by atoms with E-state index >= 15 is 0 Å². The fourth-order valence-corrected chi connectivity index (χ4v) is 2.02. The van der Waals surface area contributed by atoms with Gasteiger partial charge in [-0.1, -0.05) is 48.0 Å². The van der Waals surface area contributed by atoms with Crippen molar-refractivity contribution in [2.24, 2.45) is 10.8 Å². The van der Waals surface area contributed by atoms with Crippen LogP contribution in [0, 0.1) is 10.8 Å². The maximum Gasteiger partial charge on any atom is 0.225 e. The van der Waals surface area contributed by atoms with E-state index in [9.17, 15) is 4.79 Å². The van der Waals surface area contributed by atoms with Gasteiger partial charge in [-0.3, -0.25) is 4.79 Å². The number of nitrogens with one attached hydrogen (secondary N) is 1. The van der Waals surface area contributed by atoms with Crippen molar-refractivity contribution >= 4 is 5.91 Å². The van der Waals surface area contributed by atoms with Crippen LogP contribution in [0.1, 0.15) is 60.8 Å². The Bertz CT molecular complexity index is 201. The van der Waals surface area contributed by atoms with Crippen molar-refractivity contribution in [3.63, 3.8) is 0 Å². The second-order valence-electron chi connectivity index (χ2n) is 6.23. The number of unbranched alkanes of at least 4 members (excludes halogenated alkanes) is 1. The molecule has 2 nitrogen and oxygen atoms in total. The molecule has 0 radical (unpaired) electrons. The first-order valence-corrected chi connectivity index (χ1v) is 5.97. The minimum atomic E-state index is -0.258. The molecule has 0 heterocycles. The average Bonchev–Trinajstić information content (AvgIpc) is 2.00. The lowest BCUT2D eigenvalue weighted by Crippen LogP contribution is -2.39. The smallest absolute Gasteiger partial charge is 0.225 e. The highest BCUT2D eigenvalue weighted by Gasteiger charge is 2.31. The van der Waals surface area contributed by atoms with E-state index < -0.39 is 0 Å². The molecule has 0 unspecified atom stereocenters. The minimum Gasteiger partial charge on any atom is -0.356 e. The first-order valence-electron chi connectivity index (χ1n) is 5.97. The molecule has 0 aromatic carbocycles. The largest absolute Gasteiger partial charge is 0.356 e. The van der Waals surface area contributed by atoms with E-state index in [0.717, 1.165) is 25.8 Å². The second kappa shape index (κ2) is 5.53. The van der Waals surface area contributed by atoms with Gasteiger partial charge in [0.15, 0.2) is 0 Å². The maximum absolute atomic E-state index is 11.9. The van der Waals surface area contributed by atoms with Gasteiger partial charge in [-0.05, 0) is 18.3 Å². The third-order valence-corrected chi connectivity index (χ3v) is 2.40. The van der Waals surface area contributed by atoms with Gasteiger partial charge in [0.05, 0.1) is 0 Å². The van der Waals surface area contributed by atoms with Gasteiger partial charge >= 0.3 is 0 Å². The van der Waals surface area contributed by atoms with Gasteiger partial charge in [0.2, 0.25) is 5.91 Å². The summed E-state index contributed by atoms with van der Waals surface area (Å²) < 4.78 is 0. The summed E-state index contributed by atoms with van der Waals surface area (Å²) in [6.45, 7) is 13.5. The zero-order valence-electron chi connectivity index (χ0n) is 11.2. The quantitative estimate of drug-likeness (QED) is 0.697. The summed E-state index contributed by atoms with van der Waals surface area (Å²) in [6.07, 6.45) is 3.11. The molecule has 0 rings (SSSR count). The highest BCUT2D eigenvalue weighted by molar-refractivity contribution is 5.81. The fourth-order valence-electron chi connectivity index (χ4n) is 2.02. The number of amides is 1. The summed E-state index contributed by atoms with van der Waals surface area (Å²) in [5, 5.41) is 3.01. The van der Waals surface area contributed by atoms with Crippen LogP contribution >= 0.6 is 0 Å². The number of carbonyl (C=O) groups excluding carboxylic acids is 1. The predicted octanol–water partition coefficient (Wildman–Crippen LogP) is 3.37. The molecule has 0 saturated carbocycles. The summed E-state index contributed by atoms with van der Waals surface area (Å²) in [7, 11) is 0. The minimum absolute atomic E-state index is 0.186. The van der Waals surface area contributed by atoms with Crippen LogP contribution in [0.2, 0.25) is 0 Å².